The molecule has 1 fully saturated rings. The van der Waals surface area contributed by atoms with Crippen LogP contribution < -0.4 is 0 Å². The lowest BCUT2D eigenvalue weighted by Gasteiger charge is -2.31. The Kier molecular flexibility index (Phi) is 2.09. The molecule has 0 aliphatic carbocycles. The number of aliphatic hydroxyl groups excluding tert-OH is 1. The molecule has 0 aromatic rings. The topological polar surface area (TPSA) is 23.5 Å². The summed E-state index contributed by atoms with van der Waals surface area (Å²) in [5.41, 5.74) is 0. The Hall–Kier alpha value is -0.0800. The minimum atomic E-state index is -0.186. The highest BCUT2D eigenvalue weighted by Gasteiger charge is 2.20. The summed E-state index contributed by atoms with van der Waals surface area (Å²) in [4.78, 5) is 2.00. The predicted molar refractivity (Wildman–Crippen MR) is 37.0 cm³/mol. The molecule has 2 heteroatoms. The van der Waals surface area contributed by atoms with Crippen molar-refractivity contribution >= 4 is 0 Å². The van der Waals surface area contributed by atoms with Crippen LogP contribution in [-0.2, 0) is 0 Å². The maximum Gasteiger partial charge on any atom is 0.107 e. The summed E-state index contributed by atoms with van der Waals surface area (Å²) in [6.07, 6.45) is 1.98. The zero-order chi connectivity index (χ0) is 6.85. The van der Waals surface area contributed by atoms with Crippen LogP contribution >= 0.6 is 0 Å². The Labute approximate surface area is 56.5 Å². The number of piperidine rings is 1. The first-order chi connectivity index (χ1) is 4.20. The van der Waals surface area contributed by atoms with Crippen molar-refractivity contribution in [3.8, 4) is 0 Å². The molecule has 2 atom stereocenters. The fraction of sp³-hybridized carbons (Fsp3) is 1.00. The summed E-state index contributed by atoms with van der Waals surface area (Å²) < 4.78 is 0. The highest BCUT2D eigenvalue weighted by molar-refractivity contribution is 4.69. The van der Waals surface area contributed by atoms with Gasteiger partial charge in [-0.25, -0.2) is 0 Å². The van der Waals surface area contributed by atoms with Crippen molar-refractivity contribution in [2.75, 3.05) is 13.6 Å². The summed E-state index contributed by atoms with van der Waals surface area (Å²) in [5, 5.41) is 9.27. The average molecular weight is 129 g/mol. The summed E-state index contributed by atoms with van der Waals surface area (Å²) >= 11 is 0. The van der Waals surface area contributed by atoms with Gasteiger partial charge in [-0.15, -0.1) is 0 Å². The Bertz CT molecular complexity index is 94.9. The standard InChI is InChI=1S/C7H15NO/c1-6-3-4-8(2)7(9)5-6/h6-7,9H,3-5H2,1-2H3/t6?,7-/m1/s1. The number of hydrogen-bond acceptors (Lipinski definition) is 2. The van der Waals surface area contributed by atoms with E-state index in [2.05, 4.69) is 6.92 Å². The average Bonchev–Trinajstić information content (AvgIpc) is 1.80. The van der Waals surface area contributed by atoms with E-state index in [1.54, 1.807) is 0 Å². The van der Waals surface area contributed by atoms with E-state index in [0.29, 0.717) is 5.92 Å². The van der Waals surface area contributed by atoms with E-state index in [0.717, 1.165) is 13.0 Å². The molecular formula is C7H15NO. The van der Waals surface area contributed by atoms with Crippen LogP contribution in [0.15, 0.2) is 0 Å². The molecule has 1 saturated heterocycles. The summed E-state index contributed by atoms with van der Waals surface area (Å²) in [6.45, 7) is 3.23. The molecule has 0 aromatic heterocycles. The quantitative estimate of drug-likeness (QED) is 0.519. The van der Waals surface area contributed by atoms with E-state index < -0.39 is 0 Å². The van der Waals surface area contributed by atoms with Gasteiger partial charge in [0.1, 0.15) is 6.23 Å². The monoisotopic (exact) mass is 129 g/mol. The lowest BCUT2D eigenvalue weighted by atomic mass is 9.98. The van der Waals surface area contributed by atoms with Gasteiger partial charge in [-0.3, -0.25) is 4.90 Å². The van der Waals surface area contributed by atoms with E-state index in [4.69, 9.17) is 0 Å². The fourth-order valence-electron chi connectivity index (χ4n) is 1.23. The van der Waals surface area contributed by atoms with Gasteiger partial charge >= 0.3 is 0 Å². The molecule has 0 bridgehead atoms. The fourth-order valence-corrected chi connectivity index (χ4v) is 1.23. The van der Waals surface area contributed by atoms with Crippen LogP contribution in [0.5, 0.6) is 0 Å². The zero-order valence-electron chi connectivity index (χ0n) is 6.17. The second-order valence-electron chi connectivity index (χ2n) is 3.09. The SMILES string of the molecule is CC1CCN(C)[C@H](O)C1. The van der Waals surface area contributed by atoms with E-state index >= 15 is 0 Å². The van der Waals surface area contributed by atoms with Crippen molar-refractivity contribution in [1.29, 1.82) is 0 Å². The number of likely N-dealkylation sites (tertiary alicyclic amines) is 1. The molecule has 1 unspecified atom stereocenters. The van der Waals surface area contributed by atoms with Gasteiger partial charge < -0.3 is 5.11 Å². The van der Waals surface area contributed by atoms with Crippen molar-refractivity contribution in [1.82, 2.24) is 4.90 Å². The third kappa shape index (κ3) is 1.66. The molecule has 54 valence electrons. The van der Waals surface area contributed by atoms with Gasteiger partial charge in [-0.05, 0) is 25.8 Å². The molecule has 0 amide bonds. The second-order valence-corrected chi connectivity index (χ2v) is 3.09. The van der Waals surface area contributed by atoms with E-state index in [1.165, 1.54) is 6.42 Å². The van der Waals surface area contributed by atoms with Crippen molar-refractivity contribution < 1.29 is 5.11 Å². The number of hydrogen-bond donors (Lipinski definition) is 1. The van der Waals surface area contributed by atoms with Crippen molar-refractivity contribution in [2.24, 2.45) is 5.92 Å². The number of nitrogens with zero attached hydrogens (tertiary/aromatic N) is 1. The van der Waals surface area contributed by atoms with Crippen molar-refractivity contribution in [3.05, 3.63) is 0 Å². The van der Waals surface area contributed by atoms with Gasteiger partial charge in [0, 0.05) is 6.54 Å². The van der Waals surface area contributed by atoms with Gasteiger partial charge in [0.15, 0.2) is 0 Å². The molecule has 0 spiro atoms. The third-order valence-corrected chi connectivity index (χ3v) is 2.10. The Morgan fingerprint density at radius 2 is 2.22 bits per heavy atom. The summed E-state index contributed by atoms with van der Waals surface area (Å²) in [5.74, 6) is 0.705. The zero-order valence-corrected chi connectivity index (χ0v) is 6.17. The number of rotatable bonds is 0. The number of aliphatic hydroxyl groups is 1. The molecule has 0 aromatic carbocycles. The minimum absolute atomic E-state index is 0.186. The van der Waals surface area contributed by atoms with E-state index in [-0.39, 0.29) is 6.23 Å². The molecule has 1 heterocycles. The van der Waals surface area contributed by atoms with Gasteiger partial charge in [-0.1, -0.05) is 6.92 Å². The Morgan fingerprint density at radius 1 is 1.56 bits per heavy atom. The highest BCUT2D eigenvalue weighted by Crippen LogP contribution is 2.18. The molecule has 9 heavy (non-hydrogen) atoms. The Morgan fingerprint density at radius 3 is 2.67 bits per heavy atom. The first-order valence-electron chi connectivity index (χ1n) is 3.58. The van der Waals surface area contributed by atoms with Gasteiger partial charge in [0.2, 0.25) is 0 Å². The maximum atomic E-state index is 9.27. The lowest BCUT2D eigenvalue weighted by Crippen LogP contribution is -2.38. The van der Waals surface area contributed by atoms with Crippen LogP contribution in [0.2, 0.25) is 0 Å². The summed E-state index contributed by atoms with van der Waals surface area (Å²) in [6, 6.07) is 0. The molecule has 2 nitrogen and oxygen atoms in total. The first-order valence-corrected chi connectivity index (χ1v) is 3.58. The van der Waals surface area contributed by atoms with Crippen molar-refractivity contribution in [3.63, 3.8) is 0 Å². The molecule has 0 radical (unpaired) electrons. The predicted octanol–water partition coefficient (Wildman–Crippen LogP) is 0.667. The third-order valence-electron chi connectivity index (χ3n) is 2.10. The molecule has 1 aliphatic rings. The van der Waals surface area contributed by atoms with Crippen LogP contribution in [0.25, 0.3) is 0 Å². The molecule has 1 N–H and O–H groups in total. The van der Waals surface area contributed by atoms with Gasteiger partial charge in [-0.2, -0.15) is 0 Å². The van der Waals surface area contributed by atoms with E-state index in [9.17, 15) is 5.11 Å². The highest BCUT2D eigenvalue weighted by atomic mass is 16.3. The van der Waals surface area contributed by atoms with E-state index in [1.807, 2.05) is 11.9 Å². The minimum Gasteiger partial charge on any atom is -0.378 e. The van der Waals surface area contributed by atoms with Gasteiger partial charge in [0.25, 0.3) is 0 Å². The van der Waals surface area contributed by atoms with Crippen LogP contribution in [0, 0.1) is 5.92 Å². The van der Waals surface area contributed by atoms with Crippen LogP contribution in [0.3, 0.4) is 0 Å². The largest absolute Gasteiger partial charge is 0.378 e. The smallest absolute Gasteiger partial charge is 0.107 e. The molecular weight excluding hydrogens is 114 g/mol. The maximum absolute atomic E-state index is 9.27. The van der Waals surface area contributed by atoms with Crippen LogP contribution in [0.4, 0.5) is 0 Å². The normalized spacial score (nSPS) is 39.0. The van der Waals surface area contributed by atoms with Crippen LogP contribution in [0.1, 0.15) is 19.8 Å². The molecule has 0 saturated carbocycles. The summed E-state index contributed by atoms with van der Waals surface area (Å²) in [7, 11) is 1.97. The molecule has 1 aliphatic heterocycles. The van der Waals surface area contributed by atoms with Gasteiger partial charge in [0.05, 0.1) is 0 Å². The Balaban J connectivity index is 2.35. The van der Waals surface area contributed by atoms with Crippen LogP contribution in [-0.4, -0.2) is 29.8 Å². The van der Waals surface area contributed by atoms with Crippen molar-refractivity contribution in [2.45, 2.75) is 26.0 Å². The second kappa shape index (κ2) is 2.67. The molecule has 1 rings (SSSR count). The lowest BCUT2D eigenvalue weighted by molar-refractivity contribution is -0.0227. The first kappa shape index (κ1) is 7.03.